The van der Waals surface area contributed by atoms with Gasteiger partial charge in [0.2, 0.25) is 0 Å². The minimum Gasteiger partial charge on any atom is -0.337 e. The third-order valence-corrected chi connectivity index (χ3v) is 8.20. The summed E-state index contributed by atoms with van der Waals surface area (Å²) in [5.41, 5.74) is 10.8. The van der Waals surface area contributed by atoms with E-state index in [4.69, 9.17) is 15.1 Å². The van der Waals surface area contributed by atoms with Gasteiger partial charge in [0, 0.05) is 11.3 Å². The van der Waals surface area contributed by atoms with Gasteiger partial charge in [-0.1, -0.05) is 80.6 Å². The number of anilines is 2. The van der Waals surface area contributed by atoms with Crippen LogP contribution in [0.1, 0.15) is 59.3 Å². The van der Waals surface area contributed by atoms with E-state index in [0.717, 1.165) is 57.1 Å². The summed E-state index contributed by atoms with van der Waals surface area (Å²) >= 11 is 0. The first-order chi connectivity index (χ1) is 20.4. The first-order valence-corrected chi connectivity index (χ1v) is 14.5. The molecule has 0 saturated carbocycles. The summed E-state index contributed by atoms with van der Waals surface area (Å²) in [6.07, 6.45) is 0. The molecule has 4 aromatic carbocycles. The van der Waals surface area contributed by atoms with Crippen LogP contribution < -0.4 is 10.2 Å². The van der Waals surface area contributed by atoms with Crippen LogP contribution in [0.2, 0.25) is 0 Å². The molecule has 3 heterocycles. The predicted octanol–water partition coefficient (Wildman–Crippen LogP) is 8.72. The van der Waals surface area contributed by atoms with Gasteiger partial charge in [-0.3, -0.25) is 0 Å². The average molecular weight is 551 g/mol. The van der Waals surface area contributed by atoms with Gasteiger partial charge < -0.3 is 10.2 Å². The van der Waals surface area contributed by atoms with Gasteiger partial charge >= 0.3 is 0 Å². The Morgan fingerprint density at radius 2 is 1.52 bits per heavy atom. The molecule has 1 atom stereocenters. The third kappa shape index (κ3) is 4.31. The van der Waals surface area contributed by atoms with Gasteiger partial charge in [-0.25, -0.2) is 14.7 Å². The lowest BCUT2D eigenvalue weighted by atomic mass is 9.91. The minimum absolute atomic E-state index is 0.141. The number of nitrogens with zero attached hydrogens (tertiary/aromatic N) is 5. The number of rotatable bonds is 4. The molecule has 1 aromatic heterocycles. The maximum atomic E-state index is 5.36. The van der Waals surface area contributed by atoms with E-state index in [1.54, 1.807) is 0 Å². The first-order valence-electron chi connectivity index (χ1n) is 14.5. The Hall–Kier alpha value is -4.97. The Kier molecular flexibility index (Phi) is 6.27. The second-order valence-electron chi connectivity index (χ2n) is 11.5. The highest BCUT2D eigenvalue weighted by molar-refractivity contribution is 6.51. The maximum absolute atomic E-state index is 5.36. The molecule has 0 spiro atoms. The van der Waals surface area contributed by atoms with Crippen LogP contribution in [0.4, 0.5) is 22.9 Å². The van der Waals surface area contributed by atoms with Gasteiger partial charge in [-0.15, -0.1) is 0 Å². The van der Waals surface area contributed by atoms with Crippen molar-refractivity contribution < 1.29 is 0 Å². The zero-order valence-corrected chi connectivity index (χ0v) is 24.6. The number of hydrogen-bond acceptors (Lipinski definition) is 5. The topological polar surface area (TPSA) is 57.8 Å². The van der Waals surface area contributed by atoms with Crippen LogP contribution in [0.25, 0.3) is 5.69 Å². The van der Waals surface area contributed by atoms with Crippen LogP contribution in [0, 0.1) is 20.8 Å². The summed E-state index contributed by atoms with van der Waals surface area (Å²) in [7, 11) is 0. The van der Waals surface area contributed by atoms with Crippen molar-refractivity contribution in [1.82, 2.24) is 9.78 Å². The van der Waals surface area contributed by atoms with Crippen LogP contribution in [0.5, 0.6) is 0 Å². The SMILES string of the molecule is Cc1ccc(C)c(NC2=Nc3ccccc3N3C2=Nc2c(c(C)nn2-c2ccccc2)C3c2ccc(C(C)C)cc2)c1. The molecule has 0 aliphatic carbocycles. The highest BCUT2D eigenvalue weighted by atomic mass is 15.4. The fraction of sp³-hybridized carbons (Fsp3) is 0.194. The smallest absolute Gasteiger partial charge is 0.179 e. The number of para-hydroxylation sites is 3. The minimum atomic E-state index is -0.141. The third-order valence-electron chi connectivity index (χ3n) is 8.20. The van der Waals surface area contributed by atoms with E-state index in [0.29, 0.717) is 5.92 Å². The van der Waals surface area contributed by atoms with Crippen LogP contribution in [-0.2, 0) is 0 Å². The predicted molar refractivity (Wildman–Crippen MR) is 173 cm³/mol. The van der Waals surface area contributed by atoms with Gasteiger partial charge in [0.1, 0.15) is 0 Å². The van der Waals surface area contributed by atoms with E-state index in [9.17, 15) is 0 Å². The van der Waals surface area contributed by atoms with Crippen molar-refractivity contribution in [2.75, 3.05) is 10.2 Å². The number of hydrogen-bond donors (Lipinski definition) is 1. The Labute approximate surface area is 247 Å². The fourth-order valence-electron chi connectivity index (χ4n) is 5.92. The Bertz CT molecular complexity index is 1860. The van der Waals surface area contributed by atoms with Crippen LogP contribution in [0.15, 0.2) is 107 Å². The summed E-state index contributed by atoms with van der Waals surface area (Å²) in [5, 5.41) is 8.73. The molecule has 0 radical (unpaired) electrons. The van der Waals surface area contributed by atoms with Gasteiger partial charge in [0.05, 0.1) is 28.8 Å². The van der Waals surface area contributed by atoms with Crippen molar-refractivity contribution in [2.24, 2.45) is 9.98 Å². The summed E-state index contributed by atoms with van der Waals surface area (Å²) in [4.78, 5) is 12.9. The fourth-order valence-corrected chi connectivity index (χ4v) is 5.92. The van der Waals surface area contributed by atoms with Crippen LogP contribution >= 0.6 is 0 Å². The monoisotopic (exact) mass is 550 g/mol. The molecule has 2 aliphatic heterocycles. The zero-order chi connectivity index (χ0) is 29.0. The molecule has 42 heavy (non-hydrogen) atoms. The van der Waals surface area contributed by atoms with Gasteiger partial charge in [-0.05, 0) is 79.3 Å². The second kappa shape index (κ2) is 10.1. The Morgan fingerprint density at radius 1 is 0.786 bits per heavy atom. The first kappa shape index (κ1) is 26.0. The molecule has 6 heteroatoms. The van der Waals surface area contributed by atoms with Crippen molar-refractivity contribution in [3.63, 3.8) is 0 Å². The van der Waals surface area contributed by atoms with E-state index in [-0.39, 0.29) is 6.04 Å². The van der Waals surface area contributed by atoms with E-state index < -0.39 is 0 Å². The molecule has 208 valence electrons. The molecular formula is C36H34N6. The van der Waals surface area contributed by atoms with E-state index in [2.05, 4.69) is 118 Å². The zero-order valence-electron chi connectivity index (χ0n) is 24.6. The molecule has 5 aromatic rings. The number of aliphatic imine (C=N–C) groups is 2. The standard InChI is InChI=1S/C36H34N6/c1-22(2)26-17-19-27(20-18-26)33-32-25(5)40-42(28-11-7-6-8-12-28)35(32)39-36-34(38-30-21-23(3)15-16-24(30)4)37-29-13-9-10-14-31(29)41(33)36/h6-22,33H,1-5H3,(H,37,38). The number of aryl methyl sites for hydroxylation is 3. The molecule has 0 bridgehead atoms. The molecule has 7 rings (SSSR count). The second-order valence-corrected chi connectivity index (χ2v) is 11.5. The largest absolute Gasteiger partial charge is 0.337 e. The van der Waals surface area contributed by atoms with E-state index in [1.807, 2.05) is 28.9 Å². The van der Waals surface area contributed by atoms with Crippen molar-refractivity contribution in [3.05, 3.63) is 131 Å². The summed E-state index contributed by atoms with van der Waals surface area (Å²) < 4.78 is 1.97. The van der Waals surface area contributed by atoms with Crippen molar-refractivity contribution >= 4 is 34.6 Å². The number of nitrogens with one attached hydrogen (secondary N) is 1. The van der Waals surface area contributed by atoms with Gasteiger partial charge in [0.25, 0.3) is 0 Å². The lowest BCUT2D eigenvalue weighted by Crippen LogP contribution is -2.46. The highest BCUT2D eigenvalue weighted by Crippen LogP contribution is 2.48. The lowest BCUT2D eigenvalue weighted by Gasteiger charge is -2.40. The Balaban J connectivity index is 1.49. The van der Waals surface area contributed by atoms with Crippen molar-refractivity contribution in [3.8, 4) is 5.69 Å². The molecular weight excluding hydrogens is 516 g/mol. The molecule has 1 N–H and O–H groups in total. The lowest BCUT2D eigenvalue weighted by molar-refractivity contribution is 0.810. The molecule has 0 fully saturated rings. The average Bonchev–Trinajstić information content (AvgIpc) is 3.34. The molecule has 0 saturated heterocycles. The summed E-state index contributed by atoms with van der Waals surface area (Å²) in [6.45, 7) is 10.8. The Morgan fingerprint density at radius 3 is 2.29 bits per heavy atom. The number of benzene rings is 4. The summed E-state index contributed by atoms with van der Waals surface area (Å²) in [5.74, 6) is 2.78. The van der Waals surface area contributed by atoms with Gasteiger partial charge in [0.15, 0.2) is 17.5 Å². The maximum Gasteiger partial charge on any atom is 0.179 e. The van der Waals surface area contributed by atoms with Crippen LogP contribution in [0.3, 0.4) is 0 Å². The van der Waals surface area contributed by atoms with Crippen molar-refractivity contribution in [2.45, 2.75) is 46.6 Å². The summed E-state index contributed by atoms with van der Waals surface area (Å²) in [6, 6.07) is 33.9. The van der Waals surface area contributed by atoms with E-state index >= 15 is 0 Å². The quantitative estimate of drug-likeness (QED) is 0.243. The highest BCUT2D eigenvalue weighted by Gasteiger charge is 2.41. The number of aromatic nitrogens is 2. The number of fused-ring (bicyclic) bond motifs is 4. The molecule has 0 amide bonds. The molecule has 6 nitrogen and oxygen atoms in total. The number of amidine groups is 2. The van der Waals surface area contributed by atoms with Crippen molar-refractivity contribution in [1.29, 1.82) is 0 Å². The normalized spacial score (nSPS) is 15.5. The van der Waals surface area contributed by atoms with Crippen LogP contribution in [-0.4, -0.2) is 21.5 Å². The van der Waals surface area contributed by atoms with Gasteiger partial charge in [-0.2, -0.15) is 5.10 Å². The van der Waals surface area contributed by atoms with E-state index in [1.165, 1.54) is 16.7 Å². The molecule has 1 unspecified atom stereocenters. The molecule has 2 aliphatic rings.